The van der Waals surface area contributed by atoms with Crippen LogP contribution in [-0.4, -0.2) is 39.9 Å². The highest BCUT2D eigenvalue weighted by molar-refractivity contribution is 8.14. The molecular weight excluding hydrogens is 338 g/mol. The van der Waals surface area contributed by atoms with Gasteiger partial charge in [0, 0.05) is 5.69 Å². The summed E-state index contributed by atoms with van der Waals surface area (Å²) in [4.78, 5) is 37.8. The number of anilines is 1. The Morgan fingerprint density at radius 2 is 1.92 bits per heavy atom. The maximum atomic E-state index is 12.4. The normalized spacial score (nSPS) is 23.7. The summed E-state index contributed by atoms with van der Waals surface area (Å²) in [6.45, 7) is 4.02. The summed E-state index contributed by atoms with van der Waals surface area (Å²) in [5, 5.41) is 5.62. The lowest BCUT2D eigenvalue weighted by atomic mass is 9.89. The SMILES string of the molecule is Cc1ccc(NC(=O)NC2CCCCC2N2C(=O)CSC2=O)cc1C. The number of benzene rings is 1. The summed E-state index contributed by atoms with van der Waals surface area (Å²) < 4.78 is 0. The third kappa shape index (κ3) is 3.98. The minimum absolute atomic E-state index is 0.150. The minimum Gasteiger partial charge on any atom is -0.333 e. The van der Waals surface area contributed by atoms with Crippen LogP contribution in [-0.2, 0) is 4.79 Å². The van der Waals surface area contributed by atoms with Gasteiger partial charge in [-0.05, 0) is 49.9 Å². The van der Waals surface area contributed by atoms with Crippen LogP contribution in [0.3, 0.4) is 0 Å². The summed E-state index contributed by atoms with van der Waals surface area (Å²) >= 11 is 1.04. The zero-order valence-corrected chi connectivity index (χ0v) is 15.3. The molecule has 6 nitrogen and oxygen atoms in total. The van der Waals surface area contributed by atoms with E-state index in [1.807, 2.05) is 32.0 Å². The fourth-order valence-corrected chi connectivity index (χ4v) is 4.19. The number of amides is 4. The van der Waals surface area contributed by atoms with E-state index in [4.69, 9.17) is 0 Å². The maximum Gasteiger partial charge on any atom is 0.319 e. The lowest BCUT2D eigenvalue weighted by Crippen LogP contribution is -2.55. The Morgan fingerprint density at radius 3 is 2.60 bits per heavy atom. The molecule has 2 fully saturated rings. The molecular formula is C18H23N3O3S. The largest absolute Gasteiger partial charge is 0.333 e. The van der Waals surface area contributed by atoms with Gasteiger partial charge in [0.2, 0.25) is 5.91 Å². The first-order chi connectivity index (χ1) is 12.0. The first kappa shape index (κ1) is 17.8. The molecule has 0 aromatic heterocycles. The molecule has 7 heteroatoms. The van der Waals surface area contributed by atoms with Crippen LogP contribution >= 0.6 is 11.8 Å². The third-order valence-electron chi connectivity index (χ3n) is 4.93. The van der Waals surface area contributed by atoms with Gasteiger partial charge >= 0.3 is 6.03 Å². The van der Waals surface area contributed by atoms with Crippen molar-refractivity contribution in [2.24, 2.45) is 0 Å². The molecule has 1 aromatic rings. The zero-order valence-electron chi connectivity index (χ0n) is 14.5. The second-order valence-corrected chi connectivity index (χ2v) is 7.60. The summed E-state index contributed by atoms with van der Waals surface area (Å²) in [6.07, 6.45) is 3.46. The average molecular weight is 361 g/mol. The second kappa shape index (κ2) is 7.47. The summed E-state index contributed by atoms with van der Waals surface area (Å²) in [7, 11) is 0. The Hall–Kier alpha value is -2.02. The van der Waals surface area contributed by atoms with Crippen molar-refractivity contribution in [1.82, 2.24) is 10.2 Å². The van der Waals surface area contributed by atoms with E-state index in [0.29, 0.717) is 0 Å². The van der Waals surface area contributed by atoms with E-state index in [2.05, 4.69) is 10.6 Å². The van der Waals surface area contributed by atoms with Gasteiger partial charge in [-0.15, -0.1) is 0 Å². The molecule has 2 unspecified atom stereocenters. The molecule has 25 heavy (non-hydrogen) atoms. The Kier molecular flexibility index (Phi) is 5.32. The van der Waals surface area contributed by atoms with Crippen molar-refractivity contribution >= 4 is 34.6 Å². The van der Waals surface area contributed by atoms with Crippen LogP contribution in [0.2, 0.25) is 0 Å². The monoisotopic (exact) mass is 361 g/mol. The van der Waals surface area contributed by atoms with Crippen LogP contribution in [0, 0.1) is 13.8 Å². The van der Waals surface area contributed by atoms with Crippen molar-refractivity contribution in [3.8, 4) is 0 Å². The van der Waals surface area contributed by atoms with E-state index < -0.39 is 0 Å². The zero-order chi connectivity index (χ0) is 18.0. The lowest BCUT2D eigenvalue weighted by molar-refractivity contribution is -0.127. The Labute approximate surface area is 151 Å². The van der Waals surface area contributed by atoms with E-state index in [-0.39, 0.29) is 35.0 Å². The minimum atomic E-state index is -0.299. The molecule has 1 saturated heterocycles. The highest BCUT2D eigenvalue weighted by Gasteiger charge is 2.41. The number of thioether (sulfide) groups is 1. The molecule has 2 aliphatic rings. The molecule has 2 atom stereocenters. The van der Waals surface area contributed by atoms with Gasteiger partial charge < -0.3 is 10.6 Å². The van der Waals surface area contributed by atoms with Crippen LogP contribution < -0.4 is 10.6 Å². The topological polar surface area (TPSA) is 78.5 Å². The Bertz CT molecular complexity index is 691. The number of rotatable bonds is 3. The predicted molar refractivity (Wildman–Crippen MR) is 98.8 cm³/mol. The van der Waals surface area contributed by atoms with Crippen LogP contribution in [0.25, 0.3) is 0 Å². The van der Waals surface area contributed by atoms with Crippen LogP contribution in [0.15, 0.2) is 18.2 Å². The van der Waals surface area contributed by atoms with Gasteiger partial charge in [-0.2, -0.15) is 0 Å². The third-order valence-corrected chi connectivity index (χ3v) is 5.76. The number of nitrogens with zero attached hydrogens (tertiary/aromatic N) is 1. The highest BCUT2D eigenvalue weighted by atomic mass is 32.2. The van der Waals surface area contributed by atoms with Crippen molar-refractivity contribution in [1.29, 1.82) is 0 Å². The fourth-order valence-electron chi connectivity index (χ4n) is 3.43. The molecule has 134 valence electrons. The molecule has 1 heterocycles. The van der Waals surface area contributed by atoms with Crippen molar-refractivity contribution in [2.75, 3.05) is 11.1 Å². The molecule has 0 bridgehead atoms. The molecule has 0 spiro atoms. The van der Waals surface area contributed by atoms with Crippen LogP contribution in [0.5, 0.6) is 0 Å². The highest BCUT2D eigenvalue weighted by Crippen LogP contribution is 2.30. The predicted octanol–water partition coefficient (Wildman–Crippen LogP) is 3.43. The first-order valence-corrected chi connectivity index (χ1v) is 9.58. The van der Waals surface area contributed by atoms with Crippen molar-refractivity contribution in [2.45, 2.75) is 51.6 Å². The van der Waals surface area contributed by atoms with E-state index in [1.54, 1.807) is 0 Å². The summed E-state index contributed by atoms with van der Waals surface area (Å²) in [5.41, 5.74) is 3.01. The molecule has 2 N–H and O–H groups in total. The number of hydrogen-bond acceptors (Lipinski definition) is 4. The smallest absolute Gasteiger partial charge is 0.319 e. The van der Waals surface area contributed by atoms with E-state index in [9.17, 15) is 14.4 Å². The number of nitrogens with one attached hydrogen (secondary N) is 2. The number of imide groups is 1. The van der Waals surface area contributed by atoms with Crippen LogP contribution in [0.1, 0.15) is 36.8 Å². The van der Waals surface area contributed by atoms with Crippen molar-refractivity contribution in [3.63, 3.8) is 0 Å². The van der Waals surface area contributed by atoms with Gasteiger partial charge in [-0.3, -0.25) is 14.5 Å². The van der Waals surface area contributed by atoms with Gasteiger partial charge in [0.25, 0.3) is 5.24 Å². The van der Waals surface area contributed by atoms with E-state index in [1.165, 1.54) is 10.5 Å². The molecule has 1 saturated carbocycles. The Morgan fingerprint density at radius 1 is 1.16 bits per heavy atom. The maximum absolute atomic E-state index is 12.4. The number of aryl methyl sites for hydroxylation is 2. The van der Waals surface area contributed by atoms with E-state index in [0.717, 1.165) is 48.7 Å². The molecule has 1 aliphatic carbocycles. The number of urea groups is 1. The molecule has 1 aliphatic heterocycles. The first-order valence-electron chi connectivity index (χ1n) is 8.59. The molecule has 1 aromatic carbocycles. The lowest BCUT2D eigenvalue weighted by Gasteiger charge is -2.36. The quantitative estimate of drug-likeness (QED) is 0.864. The van der Waals surface area contributed by atoms with Gasteiger partial charge in [0.1, 0.15) is 0 Å². The van der Waals surface area contributed by atoms with Gasteiger partial charge in [0.15, 0.2) is 0 Å². The summed E-state index contributed by atoms with van der Waals surface area (Å²) in [6, 6.07) is 5.02. The Balaban J connectivity index is 1.66. The summed E-state index contributed by atoms with van der Waals surface area (Å²) in [5.74, 6) is 0.0555. The molecule has 4 amide bonds. The average Bonchev–Trinajstić information content (AvgIpc) is 2.90. The molecule has 0 radical (unpaired) electrons. The fraction of sp³-hybridized carbons (Fsp3) is 0.500. The van der Waals surface area contributed by atoms with Gasteiger partial charge in [0.05, 0.1) is 17.8 Å². The standard InChI is InChI=1S/C18H23N3O3S/c1-11-7-8-13(9-12(11)2)19-17(23)20-14-5-3-4-6-15(14)21-16(22)10-25-18(21)24/h7-9,14-15H,3-6,10H2,1-2H3,(H2,19,20,23). The second-order valence-electron chi connectivity index (χ2n) is 6.67. The van der Waals surface area contributed by atoms with Gasteiger partial charge in [-0.25, -0.2) is 4.79 Å². The van der Waals surface area contributed by atoms with E-state index >= 15 is 0 Å². The number of carbonyl (C=O) groups is 3. The number of hydrogen-bond donors (Lipinski definition) is 2. The van der Waals surface area contributed by atoms with Crippen LogP contribution in [0.4, 0.5) is 15.3 Å². The van der Waals surface area contributed by atoms with Crippen molar-refractivity contribution < 1.29 is 14.4 Å². The van der Waals surface area contributed by atoms with Crippen molar-refractivity contribution in [3.05, 3.63) is 29.3 Å². The van der Waals surface area contributed by atoms with Gasteiger partial charge in [-0.1, -0.05) is 30.7 Å². The number of carbonyl (C=O) groups excluding carboxylic acids is 3. The molecule has 3 rings (SSSR count).